The molecule has 100 valence electrons. The Labute approximate surface area is 117 Å². The molecule has 0 fully saturated rings. The lowest BCUT2D eigenvalue weighted by molar-refractivity contribution is -0.696. The van der Waals surface area contributed by atoms with Crippen molar-refractivity contribution in [1.29, 1.82) is 0 Å². The van der Waals surface area contributed by atoms with Crippen LogP contribution in [0.1, 0.15) is 22.8 Å². The number of nitrogens with zero attached hydrogens (tertiary/aromatic N) is 1. The van der Waals surface area contributed by atoms with Gasteiger partial charge in [0, 0.05) is 29.6 Å². The molecule has 20 heavy (non-hydrogen) atoms. The van der Waals surface area contributed by atoms with Gasteiger partial charge in [0.2, 0.25) is 0 Å². The number of ketones is 1. The third-order valence-electron chi connectivity index (χ3n) is 3.58. The van der Waals surface area contributed by atoms with Gasteiger partial charge in [-0.25, -0.2) is 4.57 Å². The average molecular weight is 265 g/mol. The lowest BCUT2D eigenvalue weighted by atomic mass is 10.1. The monoisotopic (exact) mass is 265 g/mol. The Morgan fingerprint density at radius 2 is 2.05 bits per heavy atom. The van der Waals surface area contributed by atoms with Crippen molar-refractivity contribution in [2.75, 3.05) is 0 Å². The van der Waals surface area contributed by atoms with E-state index in [1.807, 2.05) is 30.6 Å². The molecule has 0 unspecified atom stereocenters. The molecular formula is C17H17N2O+. The van der Waals surface area contributed by atoms with Crippen molar-refractivity contribution in [3.8, 4) is 0 Å². The van der Waals surface area contributed by atoms with Crippen LogP contribution in [0.4, 0.5) is 0 Å². The molecule has 1 aromatic carbocycles. The Balaban J connectivity index is 1.79. The van der Waals surface area contributed by atoms with Gasteiger partial charge in [-0.15, -0.1) is 0 Å². The number of nitrogens with one attached hydrogen (secondary N) is 1. The number of rotatable bonds is 4. The van der Waals surface area contributed by atoms with Crippen LogP contribution in [0.25, 0.3) is 10.9 Å². The van der Waals surface area contributed by atoms with Crippen LogP contribution < -0.4 is 4.57 Å². The number of aromatic nitrogens is 2. The summed E-state index contributed by atoms with van der Waals surface area (Å²) < 4.78 is 2.07. The van der Waals surface area contributed by atoms with Crippen LogP contribution in [0, 0.1) is 0 Å². The molecule has 0 aliphatic carbocycles. The average Bonchev–Trinajstić information content (AvgIpc) is 2.89. The Morgan fingerprint density at radius 1 is 1.20 bits per heavy atom. The first-order valence-corrected chi connectivity index (χ1v) is 6.79. The van der Waals surface area contributed by atoms with Gasteiger partial charge in [0.1, 0.15) is 0 Å². The minimum atomic E-state index is 0.103. The molecule has 0 saturated heterocycles. The molecule has 0 aliphatic rings. The minimum absolute atomic E-state index is 0.103. The van der Waals surface area contributed by atoms with Crippen LogP contribution in [-0.4, -0.2) is 10.8 Å². The van der Waals surface area contributed by atoms with Gasteiger partial charge in [0.05, 0.1) is 5.56 Å². The molecule has 0 atom stereocenters. The zero-order chi connectivity index (χ0) is 13.9. The maximum absolute atomic E-state index is 11.4. The number of H-pyrrole nitrogens is 1. The van der Waals surface area contributed by atoms with Crippen LogP contribution in [-0.2, 0) is 13.0 Å². The second-order valence-electron chi connectivity index (χ2n) is 5.00. The maximum atomic E-state index is 11.4. The third kappa shape index (κ3) is 2.48. The lowest BCUT2D eigenvalue weighted by Gasteiger charge is -1.99. The minimum Gasteiger partial charge on any atom is -0.361 e. The van der Waals surface area contributed by atoms with E-state index in [-0.39, 0.29) is 5.78 Å². The summed E-state index contributed by atoms with van der Waals surface area (Å²) in [7, 11) is 0. The molecule has 0 amide bonds. The van der Waals surface area contributed by atoms with Crippen molar-refractivity contribution < 1.29 is 9.36 Å². The largest absolute Gasteiger partial charge is 0.361 e. The number of hydrogen-bond donors (Lipinski definition) is 1. The van der Waals surface area contributed by atoms with E-state index in [4.69, 9.17) is 0 Å². The number of carbonyl (C=O) groups is 1. The molecule has 1 N–H and O–H groups in total. The van der Waals surface area contributed by atoms with Crippen molar-refractivity contribution >= 4 is 16.7 Å². The molecule has 0 aliphatic heterocycles. The summed E-state index contributed by atoms with van der Waals surface area (Å²) in [6.07, 6.45) is 6.93. The highest BCUT2D eigenvalue weighted by Crippen LogP contribution is 2.17. The second-order valence-corrected chi connectivity index (χ2v) is 5.00. The Bertz CT molecular complexity index is 758. The van der Waals surface area contributed by atoms with Crippen LogP contribution in [0.15, 0.2) is 55.0 Å². The number of Topliss-reactive ketones (excluding diaryl/α,β-unsaturated/α-hetero) is 1. The van der Waals surface area contributed by atoms with Gasteiger partial charge in [-0.1, -0.05) is 18.2 Å². The summed E-state index contributed by atoms with van der Waals surface area (Å²) in [4.78, 5) is 14.7. The van der Waals surface area contributed by atoms with Gasteiger partial charge in [-0.05, 0) is 24.6 Å². The number of pyridine rings is 1. The van der Waals surface area contributed by atoms with E-state index >= 15 is 0 Å². The van der Waals surface area contributed by atoms with E-state index < -0.39 is 0 Å². The van der Waals surface area contributed by atoms with Crippen molar-refractivity contribution in [2.45, 2.75) is 19.9 Å². The first kappa shape index (κ1) is 12.6. The molecule has 3 aromatic rings. The molecule has 3 nitrogen and oxygen atoms in total. The predicted molar refractivity (Wildman–Crippen MR) is 78.6 cm³/mol. The zero-order valence-corrected chi connectivity index (χ0v) is 11.5. The second kappa shape index (κ2) is 5.29. The number of hydrogen-bond acceptors (Lipinski definition) is 1. The fourth-order valence-electron chi connectivity index (χ4n) is 2.46. The fraction of sp³-hybridized carbons (Fsp3) is 0.176. The number of para-hydroxylation sites is 1. The smallest absolute Gasteiger partial charge is 0.179 e. The standard InChI is InChI=1S/C17H17N2O/c1-13(20)15-5-4-9-19(12-15)10-8-14-11-18-17-7-3-2-6-16(14)17/h2-7,9,11-12,18H,8,10H2,1H3/q+1. The van der Waals surface area contributed by atoms with Crippen LogP contribution in [0.5, 0.6) is 0 Å². The summed E-state index contributed by atoms with van der Waals surface area (Å²) in [5.41, 5.74) is 3.23. The quantitative estimate of drug-likeness (QED) is 0.571. The molecule has 3 rings (SSSR count). The van der Waals surface area contributed by atoms with Crippen LogP contribution in [0.2, 0.25) is 0 Å². The Kier molecular flexibility index (Phi) is 3.33. The number of benzene rings is 1. The summed E-state index contributed by atoms with van der Waals surface area (Å²) in [6.45, 7) is 2.46. The van der Waals surface area contributed by atoms with E-state index in [0.717, 1.165) is 18.5 Å². The van der Waals surface area contributed by atoms with Crippen molar-refractivity contribution in [3.05, 3.63) is 66.1 Å². The van der Waals surface area contributed by atoms with Gasteiger partial charge < -0.3 is 4.98 Å². The van der Waals surface area contributed by atoms with Crippen LogP contribution >= 0.6 is 0 Å². The molecule has 2 aromatic heterocycles. The highest BCUT2D eigenvalue weighted by molar-refractivity contribution is 5.93. The molecule has 0 spiro atoms. The number of aromatic amines is 1. The summed E-state index contributed by atoms with van der Waals surface area (Å²) in [5.74, 6) is 0.103. The highest BCUT2D eigenvalue weighted by Gasteiger charge is 2.08. The van der Waals surface area contributed by atoms with Crippen LogP contribution in [0.3, 0.4) is 0 Å². The topological polar surface area (TPSA) is 36.7 Å². The molecule has 0 radical (unpaired) electrons. The van der Waals surface area contributed by atoms with E-state index in [0.29, 0.717) is 0 Å². The maximum Gasteiger partial charge on any atom is 0.179 e. The first-order valence-electron chi connectivity index (χ1n) is 6.79. The summed E-state index contributed by atoms with van der Waals surface area (Å²) in [6, 6.07) is 12.1. The zero-order valence-electron chi connectivity index (χ0n) is 11.5. The van der Waals surface area contributed by atoms with E-state index in [9.17, 15) is 4.79 Å². The molecule has 0 bridgehead atoms. The fourth-order valence-corrected chi connectivity index (χ4v) is 2.46. The molecular weight excluding hydrogens is 248 g/mol. The van der Waals surface area contributed by atoms with Gasteiger partial charge >= 0.3 is 0 Å². The number of aryl methyl sites for hydroxylation is 2. The Morgan fingerprint density at radius 3 is 2.90 bits per heavy atom. The lowest BCUT2D eigenvalue weighted by Crippen LogP contribution is -2.34. The van der Waals surface area contributed by atoms with Gasteiger partial charge in [-0.2, -0.15) is 0 Å². The van der Waals surface area contributed by atoms with Gasteiger partial charge in [0.25, 0.3) is 0 Å². The van der Waals surface area contributed by atoms with E-state index in [1.54, 1.807) is 6.92 Å². The third-order valence-corrected chi connectivity index (χ3v) is 3.58. The summed E-state index contributed by atoms with van der Waals surface area (Å²) >= 11 is 0. The first-order chi connectivity index (χ1) is 9.74. The van der Waals surface area contributed by atoms with E-state index in [1.165, 1.54) is 16.5 Å². The van der Waals surface area contributed by atoms with Gasteiger partial charge in [0.15, 0.2) is 24.7 Å². The van der Waals surface area contributed by atoms with E-state index in [2.05, 4.69) is 33.9 Å². The number of fused-ring (bicyclic) bond motifs is 1. The van der Waals surface area contributed by atoms with Crippen molar-refractivity contribution in [3.63, 3.8) is 0 Å². The number of carbonyl (C=O) groups excluding carboxylic acids is 1. The van der Waals surface area contributed by atoms with Gasteiger partial charge in [-0.3, -0.25) is 4.79 Å². The summed E-state index contributed by atoms with van der Waals surface area (Å²) in [5, 5.41) is 1.27. The molecule has 2 heterocycles. The van der Waals surface area contributed by atoms with Crippen molar-refractivity contribution in [1.82, 2.24) is 4.98 Å². The van der Waals surface area contributed by atoms with Crippen molar-refractivity contribution in [2.24, 2.45) is 0 Å². The normalized spacial score (nSPS) is 10.8. The Hall–Kier alpha value is -2.42. The SMILES string of the molecule is CC(=O)c1ccc[n+](CCc2c[nH]c3ccccc23)c1. The highest BCUT2D eigenvalue weighted by atomic mass is 16.1. The molecule has 0 saturated carbocycles. The molecule has 3 heteroatoms. The predicted octanol–water partition coefficient (Wildman–Crippen LogP) is 2.90.